The van der Waals surface area contributed by atoms with Crippen LogP contribution in [0, 0.1) is 17.3 Å². The van der Waals surface area contributed by atoms with Crippen molar-refractivity contribution in [3.63, 3.8) is 0 Å². The third kappa shape index (κ3) is 1.60. The highest BCUT2D eigenvalue weighted by atomic mass is 14.5. The van der Waals surface area contributed by atoms with Gasteiger partial charge in [-0.2, -0.15) is 0 Å². The van der Waals surface area contributed by atoms with E-state index in [1.54, 1.807) is 0 Å². The Bertz CT molecular complexity index is 116. The fourth-order valence-corrected chi connectivity index (χ4v) is 3.14. The van der Waals surface area contributed by atoms with E-state index in [1.807, 2.05) is 0 Å². The van der Waals surface area contributed by atoms with Crippen molar-refractivity contribution in [1.82, 2.24) is 0 Å². The summed E-state index contributed by atoms with van der Waals surface area (Å²) in [4.78, 5) is 0. The molecule has 0 radical (unpaired) electrons. The normalized spacial score (nSPS) is 37.4. The van der Waals surface area contributed by atoms with Gasteiger partial charge in [-0.25, -0.2) is 0 Å². The average molecular weight is 154 g/mol. The molecule has 0 aromatic heterocycles. The Morgan fingerprint density at radius 2 is 1.73 bits per heavy atom. The lowest BCUT2D eigenvalue weighted by molar-refractivity contribution is 0.0147. The first-order chi connectivity index (χ1) is 5.12. The van der Waals surface area contributed by atoms with Crippen molar-refractivity contribution in [2.75, 3.05) is 0 Å². The van der Waals surface area contributed by atoms with Crippen molar-refractivity contribution in [3.05, 3.63) is 0 Å². The highest BCUT2D eigenvalue weighted by Crippen LogP contribution is 2.52. The average Bonchev–Trinajstić information content (AvgIpc) is 1.87. The van der Waals surface area contributed by atoms with Gasteiger partial charge < -0.3 is 0 Å². The molecule has 1 aliphatic carbocycles. The molecule has 0 aromatic rings. The maximum Gasteiger partial charge on any atom is -0.0293 e. The van der Waals surface area contributed by atoms with Crippen LogP contribution in [-0.4, -0.2) is 0 Å². The first-order valence-corrected chi connectivity index (χ1v) is 5.12. The first kappa shape index (κ1) is 9.09. The van der Waals surface area contributed by atoms with Crippen molar-refractivity contribution in [1.29, 1.82) is 0 Å². The maximum atomic E-state index is 2.48. The molecule has 0 spiro atoms. The predicted octanol–water partition coefficient (Wildman–Crippen LogP) is 3.86. The second kappa shape index (κ2) is 3.16. The molecule has 1 aliphatic rings. The van der Waals surface area contributed by atoms with E-state index in [2.05, 4.69) is 27.7 Å². The maximum absolute atomic E-state index is 2.48. The van der Waals surface area contributed by atoms with Gasteiger partial charge in [0, 0.05) is 0 Å². The quantitative estimate of drug-likeness (QED) is 0.579. The van der Waals surface area contributed by atoms with Crippen LogP contribution in [0.15, 0.2) is 0 Å². The fourth-order valence-electron chi connectivity index (χ4n) is 3.14. The van der Waals surface area contributed by atoms with Crippen LogP contribution in [0.25, 0.3) is 0 Å². The van der Waals surface area contributed by atoms with Crippen molar-refractivity contribution in [2.45, 2.75) is 53.4 Å². The molecule has 0 heteroatoms. The Morgan fingerprint density at radius 1 is 1.27 bits per heavy atom. The van der Waals surface area contributed by atoms with Gasteiger partial charge in [0.1, 0.15) is 0 Å². The molecule has 11 heavy (non-hydrogen) atoms. The van der Waals surface area contributed by atoms with Crippen LogP contribution >= 0.6 is 0 Å². The van der Waals surface area contributed by atoms with Gasteiger partial charge in [0.15, 0.2) is 0 Å². The van der Waals surface area contributed by atoms with Gasteiger partial charge in [-0.3, -0.25) is 0 Å². The molecular weight excluding hydrogens is 132 g/mol. The second-order valence-corrected chi connectivity index (χ2v) is 4.68. The second-order valence-electron chi connectivity index (χ2n) is 4.68. The highest BCUT2D eigenvalue weighted by molar-refractivity contribution is 4.92. The van der Waals surface area contributed by atoms with Crippen LogP contribution in [0.4, 0.5) is 0 Å². The lowest BCUT2D eigenvalue weighted by atomic mass is 9.56. The zero-order chi connectivity index (χ0) is 8.48. The predicted molar refractivity (Wildman–Crippen MR) is 50.6 cm³/mol. The van der Waals surface area contributed by atoms with Gasteiger partial charge in [0.25, 0.3) is 0 Å². The Hall–Kier alpha value is 0. The van der Waals surface area contributed by atoms with Crippen LogP contribution in [0.3, 0.4) is 0 Å². The zero-order valence-electron chi connectivity index (χ0n) is 8.48. The Morgan fingerprint density at radius 3 is 2.00 bits per heavy atom. The van der Waals surface area contributed by atoms with E-state index in [1.165, 1.54) is 25.7 Å². The van der Waals surface area contributed by atoms with Crippen LogP contribution in [0.1, 0.15) is 53.4 Å². The monoisotopic (exact) mass is 154 g/mol. The minimum Gasteiger partial charge on any atom is -0.0651 e. The Kier molecular flexibility index (Phi) is 2.61. The summed E-state index contributed by atoms with van der Waals surface area (Å²) in [6.07, 6.45) is 5.69. The molecule has 66 valence electrons. The molecule has 1 fully saturated rings. The molecule has 0 heterocycles. The minimum atomic E-state index is 0.711. The third-order valence-corrected chi connectivity index (χ3v) is 3.60. The summed E-state index contributed by atoms with van der Waals surface area (Å²) in [5.41, 5.74) is 0.711. The minimum absolute atomic E-state index is 0.711. The van der Waals surface area contributed by atoms with E-state index in [9.17, 15) is 0 Å². The van der Waals surface area contributed by atoms with Crippen LogP contribution in [0.5, 0.6) is 0 Å². The fraction of sp³-hybridized carbons (Fsp3) is 1.00. The van der Waals surface area contributed by atoms with Gasteiger partial charge in [-0.15, -0.1) is 0 Å². The van der Waals surface area contributed by atoms with Crippen molar-refractivity contribution in [3.8, 4) is 0 Å². The molecule has 0 N–H and O–H groups in total. The zero-order valence-corrected chi connectivity index (χ0v) is 8.48. The van der Waals surface area contributed by atoms with Crippen molar-refractivity contribution >= 4 is 0 Å². The summed E-state index contributed by atoms with van der Waals surface area (Å²) in [5, 5.41) is 0. The molecule has 0 aliphatic heterocycles. The standard InChI is InChI=1S/C11H22/c1-5-10(6-2)11(4)7-9(3)8-11/h9-10H,5-8H2,1-4H3. The number of hydrogen-bond acceptors (Lipinski definition) is 0. The summed E-state index contributed by atoms with van der Waals surface area (Å²) in [7, 11) is 0. The molecule has 0 bridgehead atoms. The molecule has 0 atom stereocenters. The van der Waals surface area contributed by atoms with E-state index >= 15 is 0 Å². The molecule has 1 saturated carbocycles. The number of hydrogen-bond donors (Lipinski definition) is 0. The van der Waals surface area contributed by atoms with Gasteiger partial charge in [0.05, 0.1) is 0 Å². The molecule has 0 amide bonds. The number of rotatable bonds is 3. The van der Waals surface area contributed by atoms with E-state index in [0.29, 0.717) is 5.41 Å². The molecule has 0 saturated heterocycles. The van der Waals surface area contributed by atoms with Gasteiger partial charge in [-0.1, -0.05) is 40.5 Å². The molecule has 1 rings (SSSR count). The summed E-state index contributed by atoms with van der Waals surface area (Å²) >= 11 is 0. The van der Waals surface area contributed by atoms with E-state index in [-0.39, 0.29) is 0 Å². The summed E-state index contributed by atoms with van der Waals surface area (Å²) in [5.74, 6) is 1.99. The van der Waals surface area contributed by atoms with E-state index in [4.69, 9.17) is 0 Å². The highest BCUT2D eigenvalue weighted by Gasteiger charge is 2.41. The molecule has 0 unspecified atom stereocenters. The molecule has 0 nitrogen and oxygen atoms in total. The van der Waals surface area contributed by atoms with E-state index < -0.39 is 0 Å². The summed E-state index contributed by atoms with van der Waals surface area (Å²) in [6.45, 7) is 9.53. The lowest BCUT2D eigenvalue weighted by Crippen LogP contribution is -2.39. The summed E-state index contributed by atoms with van der Waals surface area (Å²) in [6, 6.07) is 0. The largest absolute Gasteiger partial charge is 0.0651 e. The lowest BCUT2D eigenvalue weighted by Gasteiger charge is -2.49. The van der Waals surface area contributed by atoms with Crippen molar-refractivity contribution in [2.24, 2.45) is 17.3 Å². The SMILES string of the molecule is CCC(CC)C1(C)CC(C)C1. The molecular formula is C11H22. The van der Waals surface area contributed by atoms with Crippen LogP contribution in [-0.2, 0) is 0 Å². The topological polar surface area (TPSA) is 0 Å². The Balaban J connectivity index is 2.44. The van der Waals surface area contributed by atoms with Gasteiger partial charge in [-0.05, 0) is 30.1 Å². The van der Waals surface area contributed by atoms with E-state index in [0.717, 1.165) is 11.8 Å². The molecule has 0 aromatic carbocycles. The third-order valence-electron chi connectivity index (χ3n) is 3.60. The Labute approximate surface area is 71.4 Å². The summed E-state index contributed by atoms with van der Waals surface area (Å²) < 4.78 is 0. The smallest absolute Gasteiger partial charge is 0.0293 e. The van der Waals surface area contributed by atoms with Gasteiger partial charge in [0.2, 0.25) is 0 Å². The van der Waals surface area contributed by atoms with Crippen LogP contribution < -0.4 is 0 Å². The first-order valence-electron chi connectivity index (χ1n) is 5.12. The van der Waals surface area contributed by atoms with Crippen LogP contribution in [0.2, 0.25) is 0 Å². The van der Waals surface area contributed by atoms with Crippen molar-refractivity contribution < 1.29 is 0 Å². The van der Waals surface area contributed by atoms with Gasteiger partial charge >= 0.3 is 0 Å².